The highest BCUT2D eigenvalue weighted by Gasteiger charge is 2.24. The first-order valence-electron chi connectivity index (χ1n) is 11.5. The average Bonchev–Trinajstić information content (AvgIpc) is 3.50. The molecule has 0 aliphatic carbocycles. The molecule has 37 heavy (non-hydrogen) atoms. The Morgan fingerprint density at radius 1 is 0.973 bits per heavy atom. The molecule has 9 heteroatoms. The van der Waals surface area contributed by atoms with Crippen molar-refractivity contribution in [1.29, 1.82) is 0 Å². The predicted molar refractivity (Wildman–Crippen MR) is 140 cm³/mol. The molecule has 0 radical (unpaired) electrons. The summed E-state index contributed by atoms with van der Waals surface area (Å²) in [4.78, 5) is 26.3. The van der Waals surface area contributed by atoms with Crippen LogP contribution in [0.2, 0.25) is 0 Å². The van der Waals surface area contributed by atoms with Crippen LogP contribution in [0.15, 0.2) is 71.1 Å². The number of H-pyrrole nitrogens is 1. The van der Waals surface area contributed by atoms with Gasteiger partial charge in [0.05, 0.1) is 12.8 Å². The van der Waals surface area contributed by atoms with Gasteiger partial charge in [0.25, 0.3) is 11.8 Å². The highest BCUT2D eigenvalue weighted by molar-refractivity contribution is 6.16. The lowest BCUT2D eigenvalue weighted by Gasteiger charge is -2.07. The van der Waals surface area contributed by atoms with Crippen molar-refractivity contribution in [3.8, 4) is 22.8 Å². The summed E-state index contributed by atoms with van der Waals surface area (Å²) in [5.41, 5.74) is 4.08. The van der Waals surface area contributed by atoms with Crippen LogP contribution in [0.3, 0.4) is 0 Å². The van der Waals surface area contributed by atoms with E-state index >= 15 is 0 Å². The number of aromatic nitrogens is 2. The summed E-state index contributed by atoms with van der Waals surface area (Å²) in [6.07, 6.45) is 0. The average molecular weight is 497 g/mol. The molecule has 0 saturated heterocycles. The molecule has 0 aliphatic rings. The van der Waals surface area contributed by atoms with Gasteiger partial charge in [-0.1, -0.05) is 18.2 Å². The molecule has 0 aliphatic heterocycles. The van der Waals surface area contributed by atoms with Crippen LogP contribution in [0, 0.1) is 13.8 Å². The molecule has 2 heterocycles. The molecule has 4 N–H and O–H groups in total. The van der Waals surface area contributed by atoms with Crippen molar-refractivity contribution in [3.05, 3.63) is 89.3 Å². The Labute approximate surface area is 212 Å². The fraction of sp³-hybridized carbons (Fsp3) is 0.107. The number of aromatic hydroxyl groups is 1. The molecule has 2 aromatic heterocycles. The van der Waals surface area contributed by atoms with Gasteiger partial charge in [-0.25, -0.2) is 0 Å². The number of hydrogen-bond acceptors (Lipinski definition) is 6. The Kier molecular flexibility index (Phi) is 6.10. The van der Waals surface area contributed by atoms with Gasteiger partial charge in [-0.05, 0) is 73.5 Å². The number of aryl methyl sites for hydroxylation is 2. The molecule has 5 rings (SSSR count). The van der Waals surface area contributed by atoms with E-state index in [2.05, 4.69) is 20.8 Å². The third kappa shape index (κ3) is 4.62. The van der Waals surface area contributed by atoms with Gasteiger partial charge < -0.3 is 24.9 Å². The lowest BCUT2D eigenvalue weighted by Crippen LogP contribution is -2.17. The van der Waals surface area contributed by atoms with Crippen LogP contribution in [0.5, 0.6) is 11.5 Å². The molecule has 0 atom stereocenters. The van der Waals surface area contributed by atoms with Crippen LogP contribution in [0.1, 0.15) is 32.2 Å². The zero-order valence-electron chi connectivity index (χ0n) is 20.4. The largest absolute Gasteiger partial charge is 0.507 e. The maximum Gasteiger partial charge on any atom is 0.293 e. The number of fused-ring (bicyclic) bond motifs is 1. The molecule has 0 bridgehead atoms. The number of methoxy groups -OCH3 is 1. The summed E-state index contributed by atoms with van der Waals surface area (Å²) in [5, 5.41) is 23.5. The smallest absolute Gasteiger partial charge is 0.293 e. The number of amides is 2. The molecule has 0 unspecified atom stereocenters. The van der Waals surface area contributed by atoms with Crippen molar-refractivity contribution in [2.24, 2.45) is 0 Å². The van der Waals surface area contributed by atoms with Gasteiger partial charge in [-0.2, -0.15) is 5.10 Å². The minimum absolute atomic E-state index is 0.0443. The number of benzene rings is 3. The molecule has 5 aromatic rings. The van der Waals surface area contributed by atoms with Gasteiger partial charge in [0, 0.05) is 16.6 Å². The number of nitrogens with zero attached hydrogens (tertiary/aromatic N) is 1. The number of rotatable bonds is 6. The van der Waals surface area contributed by atoms with E-state index in [1.807, 2.05) is 19.9 Å². The number of carbonyl (C=O) groups is 2. The number of phenolic OH excluding ortho intramolecular Hbond substituents is 1. The Morgan fingerprint density at radius 3 is 2.46 bits per heavy atom. The lowest BCUT2D eigenvalue weighted by atomic mass is 10.0. The first-order chi connectivity index (χ1) is 17.8. The van der Waals surface area contributed by atoms with E-state index in [1.165, 1.54) is 0 Å². The number of nitrogens with one attached hydrogen (secondary N) is 3. The molecule has 3 aromatic carbocycles. The van der Waals surface area contributed by atoms with E-state index in [4.69, 9.17) is 9.15 Å². The zero-order valence-corrected chi connectivity index (χ0v) is 20.4. The van der Waals surface area contributed by atoms with Gasteiger partial charge in [0.1, 0.15) is 28.5 Å². The minimum atomic E-state index is -0.526. The van der Waals surface area contributed by atoms with Crippen molar-refractivity contribution >= 4 is 34.2 Å². The van der Waals surface area contributed by atoms with Gasteiger partial charge in [-0.3, -0.25) is 14.7 Å². The van der Waals surface area contributed by atoms with Crippen LogP contribution in [-0.4, -0.2) is 34.2 Å². The summed E-state index contributed by atoms with van der Waals surface area (Å²) >= 11 is 0. The maximum absolute atomic E-state index is 13.2. The molecule has 0 saturated carbocycles. The van der Waals surface area contributed by atoms with Crippen LogP contribution in [-0.2, 0) is 0 Å². The summed E-state index contributed by atoms with van der Waals surface area (Å²) < 4.78 is 11.0. The zero-order chi connectivity index (χ0) is 26.1. The second kappa shape index (κ2) is 9.54. The van der Waals surface area contributed by atoms with E-state index in [-0.39, 0.29) is 22.9 Å². The SMILES string of the molecule is COc1ccc(NC(=O)c2oc3ccccc3c2NC(=O)c2cc(-c3c(C)cc(C)cc3O)n[nH]2)cc1. The Bertz CT molecular complexity index is 1610. The fourth-order valence-corrected chi connectivity index (χ4v) is 4.22. The normalized spacial score (nSPS) is 10.9. The number of hydrogen-bond donors (Lipinski definition) is 4. The van der Waals surface area contributed by atoms with Gasteiger partial charge in [0.15, 0.2) is 0 Å². The molecule has 2 amide bonds. The van der Waals surface area contributed by atoms with Gasteiger partial charge >= 0.3 is 0 Å². The van der Waals surface area contributed by atoms with Crippen molar-refractivity contribution in [3.63, 3.8) is 0 Å². The summed E-state index contributed by atoms with van der Waals surface area (Å²) in [7, 11) is 1.56. The van der Waals surface area contributed by atoms with E-state index in [0.29, 0.717) is 33.7 Å². The summed E-state index contributed by atoms with van der Waals surface area (Å²) in [5.74, 6) is -0.357. The number of furan rings is 1. The third-order valence-corrected chi connectivity index (χ3v) is 5.93. The summed E-state index contributed by atoms with van der Waals surface area (Å²) in [6, 6.07) is 19.0. The standard InChI is InChI=1S/C28H24N4O5/c1-15-12-16(2)24(22(33)13-15)20-14-21(32-31-20)27(34)30-25-19-6-4-5-7-23(19)37-26(25)28(35)29-17-8-10-18(36-3)11-9-17/h4-14,33H,1-3H3,(H,29,35)(H,30,34)(H,31,32). The third-order valence-electron chi connectivity index (χ3n) is 5.93. The topological polar surface area (TPSA) is 129 Å². The molecule has 186 valence electrons. The number of carbonyl (C=O) groups excluding carboxylic acids is 2. The van der Waals surface area contributed by atoms with Crippen LogP contribution >= 0.6 is 0 Å². The van der Waals surface area contributed by atoms with Crippen molar-refractivity contribution in [2.45, 2.75) is 13.8 Å². The highest BCUT2D eigenvalue weighted by Crippen LogP contribution is 2.34. The van der Waals surface area contributed by atoms with Gasteiger partial charge in [-0.15, -0.1) is 0 Å². The monoisotopic (exact) mass is 496 g/mol. The van der Waals surface area contributed by atoms with Gasteiger partial charge in [0.2, 0.25) is 5.76 Å². The van der Waals surface area contributed by atoms with Crippen LogP contribution < -0.4 is 15.4 Å². The first kappa shape index (κ1) is 23.7. The molecule has 0 spiro atoms. The fourth-order valence-electron chi connectivity index (χ4n) is 4.22. The number of phenols is 1. The predicted octanol–water partition coefficient (Wildman–Crippen LogP) is 5.66. The Morgan fingerprint density at radius 2 is 1.73 bits per heavy atom. The van der Waals surface area contributed by atoms with E-state index in [1.54, 1.807) is 67.8 Å². The van der Waals surface area contributed by atoms with Crippen molar-refractivity contribution in [2.75, 3.05) is 17.7 Å². The van der Waals surface area contributed by atoms with Crippen LogP contribution in [0.4, 0.5) is 11.4 Å². The minimum Gasteiger partial charge on any atom is -0.507 e. The quantitative estimate of drug-likeness (QED) is 0.240. The number of aromatic amines is 1. The molecule has 0 fully saturated rings. The highest BCUT2D eigenvalue weighted by atomic mass is 16.5. The van der Waals surface area contributed by atoms with Crippen molar-refractivity contribution in [1.82, 2.24) is 10.2 Å². The molecular formula is C28H24N4O5. The van der Waals surface area contributed by atoms with E-state index in [0.717, 1.165) is 11.1 Å². The second-order valence-electron chi connectivity index (χ2n) is 8.58. The molecular weight excluding hydrogens is 472 g/mol. The Hall–Kier alpha value is -5.05. The summed E-state index contributed by atoms with van der Waals surface area (Å²) in [6.45, 7) is 3.75. The van der Waals surface area contributed by atoms with Crippen LogP contribution in [0.25, 0.3) is 22.2 Å². The number of ether oxygens (including phenoxy) is 1. The van der Waals surface area contributed by atoms with E-state index in [9.17, 15) is 14.7 Å². The maximum atomic E-state index is 13.2. The lowest BCUT2D eigenvalue weighted by molar-refractivity contribution is 0.0999. The molecule has 9 nitrogen and oxygen atoms in total. The van der Waals surface area contributed by atoms with E-state index < -0.39 is 11.8 Å². The Balaban J connectivity index is 1.44. The first-order valence-corrected chi connectivity index (χ1v) is 11.5. The second-order valence-corrected chi connectivity index (χ2v) is 8.58. The number of para-hydroxylation sites is 1. The number of anilines is 2. The van der Waals surface area contributed by atoms with Crippen molar-refractivity contribution < 1.29 is 23.8 Å².